The monoisotopic (exact) mass is 212 g/mol. The molecule has 0 atom stereocenters. The predicted molar refractivity (Wildman–Crippen MR) is 52.8 cm³/mol. The average molecular weight is 213 g/mol. The fourth-order valence-corrected chi connectivity index (χ4v) is 1.11. The number of ether oxygens (including phenoxy) is 1. The Hall–Kier alpha value is -1.35. The Morgan fingerprint density at radius 2 is 1.93 bits per heavy atom. The highest BCUT2D eigenvalue weighted by Crippen LogP contribution is 2.25. The first kappa shape index (κ1) is 10.7. The van der Waals surface area contributed by atoms with Gasteiger partial charge in [0.2, 0.25) is 0 Å². The third kappa shape index (κ3) is 2.57. The molecule has 1 aromatic carbocycles. The molecule has 0 unspecified atom stereocenters. The summed E-state index contributed by atoms with van der Waals surface area (Å²) in [7, 11) is 0. The molecule has 0 aromatic heterocycles. The van der Waals surface area contributed by atoms with Gasteiger partial charge in [-0.05, 0) is 25.1 Å². The molecule has 1 aromatic rings. The maximum Gasteiger partial charge on any atom is 0.308 e. The lowest BCUT2D eigenvalue weighted by Crippen LogP contribution is -2.03. The smallest absolute Gasteiger partial charge is 0.308 e. The molecule has 0 aliphatic rings. The van der Waals surface area contributed by atoms with Gasteiger partial charge in [-0.2, -0.15) is 0 Å². The number of carbonyl (C=O) groups excluding carboxylic acids is 2. The molecule has 0 bridgehead atoms. The zero-order chi connectivity index (χ0) is 10.7. The van der Waals surface area contributed by atoms with Gasteiger partial charge in [-0.15, -0.1) is 0 Å². The Morgan fingerprint density at radius 1 is 1.29 bits per heavy atom. The highest BCUT2D eigenvalue weighted by atomic mass is 35.5. The van der Waals surface area contributed by atoms with Crippen molar-refractivity contribution >= 4 is 23.4 Å². The molecule has 0 heterocycles. The number of Topliss-reactive ketones (excluding diaryl/α,β-unsaturated/α-hetero) is 1. The first-order chi connectivity index (χ1) is 6.50. The minimum atomic E-state index is -0.465. The summed E-state index contributed by atoms with van der Waals surface area (Å²) in [5.74, 6) is -0.352. The van der Waals surface area contributed by atoms with Crippen LogP contribution in [0.25, 0.3) is 0 Å². The van der Waals surface area contributed by atoms with Gasteiger partial charge < -0.3 is 4.74 Å². The fraction of sp³-hybridized carbons (Fsp3) is 0.200. The molecule has 0 amide bonds. The fourth-order valence-electron chi connectivity index (χ4n) is 0.955. The molecule has 0 N–H and O–H groups in total. The number of halogens is 1. The highest BCUT2D eigenvalue weighted by Gasteiger charge is 2.07. The van der Waals surface area contributed by atoms with Gasteiger partial charge >= 0.3 is 5.97 Å². The molecule has 1 rings (SSSR count). The molecular weight excluding hydrogens is 204 g/mol. The van der Waals surface area contributed by atoms with Gasteiger partial charge in [-0.25, -0.2) is 0 Å². The lowest BCUT2D eigenvalue weighted by atomic mass is 10.1. The van der Waals surface area contributed by atoms with E-state index < -0.39 is 5.97 Å². The van der Waals surface area contributed by atoms with Gasteiger partial charge in [0, 0.05) is 12.5 Å². The van der Waals surface area contributed by atoms with Crippen LogP contribution in [0.5, 0.6) is 5.75 Å². The number of rotatable bonds is 2. The topological polar surface area (TPSA) is 43.4 Å². The second-order valence-corrected chi connectivity index (χ2v) is 3.20. The number of carbonyl (C=O) groups is 2. The molecule has 14 heavy (non-hydrogen) atoms. The summed E-state index contributed by atoms with van der Waals surface area (Å²) in [6, 6.07) is 4.56. The van der Waals surface area contributed by atoms with Gasteiger partial charge in [-0.3, -0.25) is 9.59 Å². The molecule has 0 aliphatic heterocycles. The van der Waals surface area contributed by atoms with E-state index in [0.717, 1.165) is 0 Å². The Kier molecular flexibility index (Phi) is 3.25. The Balaban J connectivity index is 3.08. The van der Waals surface area contributed by atoms with Gasteiger partial charge in [0.1, 0.15) is 5.75 Å². The summed E-state index contributed by atoms with van der Waals surface area (Å²) in [6.45, 7) is 2.71. The van der Waals surface area contributed by atoms with E-state index in [-0.39, 0.29) is 11.5 Å². The standard InChI is InChI=1S/C10H9ClO3/c1-6(12)8-3-4-9(11)10(5-8)14-7(2)13/h3-5H,1-2H3. The minimum Gasteiger partial charge on any atom is -0.425 e. The first-order valence-electron chi connectivity index (χ1n) is 3.99. The van der Waals surface area contributed by atoms with Crippen LogP contribution in [0, 0.1) is 0 Å². The molecule has 0 radical (unpaired) electrons. The summed E-state index contributed by atoms with van der Waals surface area (Å²) < 4.78 is 4.81. The van der Waals surface area contributed by atoms with Crippen molar-refractivity contribution in [3.63, 3.8) is 0 Å². The predicted octanol–water partition coefficient (Wildman–Crippen LogP) is 2.47. The van der Waals surface area contributed by atoms with Gasteiger partial charge in [-0.1, -0.05) is 11.6 Å². The van der Waals surface area contributed by atoms with Crippen molar-refractivity contribution < 1.29 is 14.3 Å². The molecule has 0 saturated heterocycles. The maximum absolute atomic E-state index is 11.0. The lowest BCUT2D eigenvalue weighted by Gasteiger charge is -2.04. The molecule has 4 heteroatoms. The third-order valence-electron chi connectivity index (χ3n) is 1.59. The van der Waals surface area contributed by atoms with Crippen LogP contribution in [0.15, 0.2) is 18.2 Å². The highest BCUT2D eigenvalue weighted by molar-refractivity contribution is 6.32. The van der Waals surface area contributed by atoms with Crippen LogP contribution in [0.2, 0.25) is 5.02 Å². The molecule has 0 fully saturated rings. The van der Waals surface area contributed by atoms with Crippen molar-refractivity contribution in [2.75, 3.05) is 0 Å². The zero-order valence-corrected chi connectivity index (χ0v) is 8.59. The van der Waals surface area contributed by atoms with Crippen molar-refractivity contribution in [1.82, 2.24) is 0 Å². The number of benzene rings is 1. The molecule has 0 saturated carbocycles. The van der Waals surface area contributed by atoms with Crippen molar-refractivity contribution in [2.45, 2.75) is 13.8 Å². The van der Waals surface area contributed by atoms with Crippen molar-refractivity contribution in [3.8, 4) is 5.75 Å². The SMILES string of the molecule is CC(=O)Oc1cc(C(C)=O)ccc1Cl. The summed E-state index contributed by atoms with van der Waals surface area (Å²) >= 11 is 5.76. The van der Waals surface area contributed by atoms with Crippen LogP contribution < -0.4 is 4.74 Å². The maximum atomic E-state index is 11.0. The summed E-state index contributed by atoms with van der Waals surface area (Å²) in [6.07, 6.45) is 0. The normalized spacial score (nSPS) is 9.64. The summed E-state index contributed by atoms with van der Waals surface area (Å²) in [5.41, 5.74) is 0.464. The second-order valence-electron chi connectivity index (χ2n) is 2.80. The second kappa shape index (κ2) is 4.24. The summed E-state index contributed by atoms with van der Waals surface area (Å²) in [5, 5.41) is 0.310. The van der Waals surface area contributed by atoms with Crippen LogP contribution >= 0.6 is 11.6 Å². The van der Waals surface area contributed by atoms with Crippen molar-refractivity contribution in [3.05, 3.63) is 28.8 Å². The van der Waals surface area contributed by atoms with Crippen molar-refractivity contribution in [1.29, 1.82) is 0 Å². The number of esters is 1. The largest absolute Gasteiger partial charge is 0.425 e. The number of ketones is 1. The van der Waals surface area contributed by atoms with E-state index in [2.05, 4.69) is 0 Å². The van der Waals surface area contributed by atoms with E-state index in [0.29, 0.717) is 10.6 Å². The molecule has 0 aliphatic carbocycles. The van der Waals surface area contributed by atoms with E-state index in [1.54, 1.807) is 6.07 Å². The number of hydrogen-bond acceptors (Lipinski definition) is 3. The molecule has 0 spiro atoms. The van der Waals surface area contributed by atoms with Crippen molar-refractivity contribution in [2.24, 2.45) is 0 Å². The first-order valence-corrected chi connectivity index (χ1v) is 4.37. The molecular formula is C10H9ClO3. The zero-order valence-electron chi connectivity index (χ0n) is 7.83. The average Bonchev–Trinajstić information content (AvgIpc) is 2.07. The van der Waals surface area contributed by atoms with Gasteiger partial charge in [0.25, 0.3) is 0 Å². The molecule has 3 nitrogen and oxygen atoms in total. The van der Waals surface area contributed by atoms with E-state index in [1.807, 2.05) is 0 Å². The van der Waals surface area contributed by atoms with Crippen LogP contribution in [0.1, 0.15) is 24.2 Å². The van der Waals surface area contributed by atoms with Crippen LogP contribution in [-0.4, -0.2) is 11.8 Å². The van der Waals surface area contributed by atoms with Crippen LogP contribution in [0.3, 0.4) is 0 Å². The van der Waals surface area contributed by atoms with E-state index in [1.165, 1.54) is 26.0 Å². The third-order valence-corrected chi connectivity index (χ3v) is 1.90. The Bertz CT molecular complexity index is 385. The Labute approximate surface area is 86.6 Å². The van der Waals surface area contributed by atoms with Gasteiger partial charge in [0.15, 0.2) is 5.78 Å². The Morgan fingerprint density at radius 3 is 2.43 bits per heavy atom. The van der Waals surface area contributed by atoms with E-state index in [4.69, 9.17) is 16.3 Å². The van der Waals surface area contributed by atoms with Crippen LogP contribution in [-0.2, 0) is 4.79 Å². The van der Waals surface area contributed by atoms with Gasteiger partial charge in [0.05, 0.1) is 5.02 Å². The van der Waals surface area contributed by atoms with Crippen LogP contribution in [0.4, 0.5) is 0 Å². The van der Waals surface area contributed by atoms with E-state index in [9.17, 15) is 9.59 Å². The quantitative estimate of drug-likeness (QED) is 0.430. The molecule has 74 valence electrons. The number of hydrogen-bond donors (Lipinski definition) is 0. The minimum absolute atomic E-state index is 0.102. The van der Waals surface area contributed by atoms with E-state index >= 15 is 0 Å². The lowest BCUT2D eigenvalue weighted by molar-refractivity contribution is -0.131. The summed E-state index contributed by atoms with van der Waals surface area (Å²) in [4.78, 5) is 21.7.